The molecule has 1 aliphatic rings. The summed E-state index contributed by atoms with van der Waals surface area (Å²) in [5.74, 6) is -0.608. The molecule has 2 amide bonds. The number of hydrogen-bond donors (Lipinski definition) is 0. The lowest BCUT2D eigenvalue weighted by atomic mass is 10.2. The van der Waals surface area contributed by atoms with Crippen molar-refractivity contribution in [2.75, 3.05) is 7.11 Å². The lowest BCUT2D eigenvalue weighted by molar-refractivity contribution is -0.123. The maximum atomic E-state index is 13.7. The predicted octanol–water partition coefficient (Wildman–Crippen LogP) is 5.02. The van der Waals surface area contributed by atoms with Crippen LogP contribution in [0.4, 0.5) is 9.18 Å². The van der Waals surface area contributed by atoms with E-state index in [1.54, 1.807) is 48.5 Å². The summed E-state index contributed by atoms with van der Waals surface area (Å²) in [6.07, 6.45) is 1.60. The number of hydrogen-bond acceptors (Lipinski definition) is 7. The standard InChI is InChI=1S/C24H18FNO6S/c1-30-23(28)20-11-10-18(32-20)13-26-22(27)21(33-24(26)29)12-15-6-8-17(9-7-15)31-14-16-4-2-3-5-19(16)25/h2-12H,13-14H2,1H3/b21-12+. The number of benzene rings is 2. The molecule has 33 heavy (non-hydrogen) atoms. The molecule has 1 fully saturated rings. The number of thioether (sulfide) groups is 1. The zero-order valence-corrected chi connectivity index (χ0v) is 18.3. The molecule has 2 heterocycles. The van der Waals surface area contributed by atoms with E-state index in [-0.39, 0.29) is 35.4 Å². The number of ether oxygens (including phenoxy) is 2. The summed E-state index contributed by atoms with van der Waals surface area (Å²) < 4.78 is 29.2. The van der Waals surface area contributed by atoms with Gasteiger partial charge in [-0.2, -0.15) is 0 Å². The number of carbonyl (C=O) groups excluding carboxylic acids is 3. The highest BCUT2D eigenvalue weighted by atomic mass is 32.2. The normalized spacial score (nSPS) is 14.7. The first-order valence-corrected chi connectivity index (χ1v) is 10.6. The molecule has 0 unspecified atom stereocenters. The number of amides is 2. The highest BCUT2D eigenvalue weighted by Gasteiger charge is 2.35. The van der Waals surface area contributed by atoms with Crippen LogP contribution in [0.3, 0.4) is 0 Å². The van der Waals surface area contributed by atoms with E-state index < -0.39 is 17.1 Å². The van der Waals surface area contributed by atoms with Crippen molar-refractivity contribution in [3.05, 3.63) is 94.0 Å². The molecule has 0 atom stereocenters. The minimum Gasteiger partial charge on any atom is -0.489 e. The molecule has 1 saturated heterocycles. The van der Waals surface area contributed by atoms with Crippen molar-refractivity contribution in [3.63, 3.8) is 0 Å². The van der Waals surface area contributed by atoms with E-state index in [1.807, 2.05) is 0 Å². The first-order chi connectivity index (χ1) is 15.9. The van der Waals surface area contributed by atoms with Crippen molar-refractivity contribution < 1.29 is 32.7 Å². The van der Waals surface area contributed by atoms with Crippen LogP contribution in [-0.4, -0.2) is 29.1 Å². The molecule has 3 aromatic rings. The van der Waals surface area contributed by atoms with Gasteiger partial charge in [-0.25, -0.2) is 9.18 Å². The Morgan fingerprint density at radius 1 is 1.09 bits per heavy atom. The summed E-state index contributed by atoms with van der Waals surface area (Å²) >= 11 is 0.819. The maximum absolute atomic E-state index is 13.7. The largest absolute Gasteiger partial charge is 0.489 e. The quantitative estimate of drug-likeness (QED) is 0.356. The third-order valence-electron chi connectivity index (χ3n) is 4.77. The molecule has 1 aromatic heterocycles. The number of methoxy groups -OCH3 is 1. The van der Waals surface area contributed by atoms with Crippen molar-refractivity contribution >= 4 is 35.0 Å². The molecule has 4 rings (SSSR count). The number of halogens is 1. The molecule has 1 aliphatic heterocycles. The molecule has 7 nitrogen and oxygen atoms in total. The van der Waals surface area contributed by atoms with Gasteiger partial charge in [0.15, 0.2) is 0 Å². The van der Waals surface area contributed by atoms with Crippen molar-refractivity contribution in [3.8, 4) is 5.75 Å². The number of nitrogens with zero attached hydrogens (tertiary/aromatic N) is 1. The van der Waals surface area contributed by atoms with Gasteiger partial charge < -0.3 is 13.9 Å². The summed E-state index contributed by atoms with van der Waals surface area (Å²) in [6.45, 7) is -0.00277. The molecule has 0 N–H and O–H groups in total. The molecule has 168 valence electrons. The minimum atomic E-state index is -0.642. The Morgan fingerprint density at radius 3 is 2.58 bits per heavy atom. The Balaban J connectivity index is 1.40. The first-order valence-electron chi connectivity index (χ1n) is 9.83. The van der Waals surface area contributed by atoms with E-state index in [2.05, 4.69) is 4.74 Å². The monoisotopic (exact) mass is 467 g/mol. The van der Waals surface area contributed by atoms with E-state index >= 15 is 0 Å². The van der Waals surface area contributed by atoms with Crippen molar-refractivity contribution in [1.29, 1.82) is 0 Å². The molecule has 0 bridgehead atoms. The molecule has 0 saturated carbocycles. The topological polar surface area (TPSA) is 86.0 Å². The van der Waals surface area contributed by atoms with Crippen LogP contribution in [0.2, 0.25) is 0 Å². The number of rotatable bonds is 7. The van der Waals surface area contributed by atoms with Gasteiger partial charge in [-0.05, 0) is 53.7 Å². The number of imide groups is 1. The van der Waals surface area contributed by atoms with Crippen LogP contribution in [-0.2, 0) is 22.7 Å². The third kappa shape index (κ3) is 5.15. The Kier molecular flexibility index (Phi) is 6.60. The van der Waals surface area contributed by atoms with Crippen LogP contribution >= 0.6 is 11.8 Å². The Hall–Kier alpha value is -3.85. The molecular weight excluding hydrogens is 449 g/mol. The molecular formula is C24H18FNO6S. The van der Waals surface area contributed by atoms with Crippen molar-refractivity contribution in [1.82, 2.24) is 4.90 Å². The van der Waals surface area contributed by atoms with E-state index in [4.69, 9.17) is 9.15 Å². The van der Waals surface area contributed by atoms with Gasteiger partial charge in [-0.15, -0.1) is 0 Å². The van der Waals surface area contributed by atoms with Crippen LogP contribution in [0.15, 0.2) is 70.0 Å². The number of esters is 1. The van der Waals surface area contributed by atoms with Gasteiger partial charge >= 0.3 is 5.97 Å². The molecule has 9 heteroatoms. The Bertz CT molecular complexity index is 1230. The van der Waals surface area contributed by atoms with Crippen LogP contribution in [0.25, 0.3) is 6.08 Å². The predicted molar refractivity (Wildman–Crippen MR) is 119 cm³/mol. The first kappa shape index (κ1) is 22.3. The van der Waals surface area contributed by atoms with E-state index in [0.717, 1.165) is 16.7 Å². The SMILES string of the molecule is COC(=O)c1ccc(CN2C(=O)S/C(=C/c3ccc(OCc4ccccc4F)cc3)C2=O)o1. The van der Waals surface area contributed by atoms with Gasteiger partial charge in [-0.1, -0.05) is 30.3 Å². The second kappa shape index (κ2) is 9.74. The summed E-state index contributed by atoms with van der Waals surface area (Å²) in [5, 5.41) is -0.438. The second-order valence-electron chi connectivity index (χ2n) is 6.97. The number of carbonyl (C=O) groups is 3. The lowest BCUT2D eigenvalue weighted by Gasteiger charge is -2.10. The fourth-order valence-electron chi connectivity index (χ4n) is 3.05. The van der Waals surface area contributed by atoms with Crippen LogP contribution in [0.5, 0.6) is 5.75 Å². The van der Waals surface area contributed by atoms with Crippen molar-refractivity contribution in [2.45, 2.75) is 13.2 Å². The van der Waals surface area contributed by atoms with Crippen LogP contribution in [0, 0.1) is 5.82 Å². The summed E-state index contributed by atoms with van der Waals surface area (Å²) in [4.78, 5) is 37.8. The molecule has 2 aromatic carbocycles. The van der Waals surface area contributed by atoms with Gasteiger partial charge in [-0.3, -0.25) is 14.5 Å². The zero-order valence-electron chi connectivity index (χ0n) is 17.4. The van der Waals surface area contributed by atoms with E-state index in [0.29, 0.717) is 16.9 Å². The van der Waals surface area contributed by atoms with Crippen molar-refractivity contribution in [2.24, 2.45) is 0 Å². The highest BCUT2D eigenvalue weighted by Crippen LogP contribution is 2.33. The van der Waals surface area contributed by atoms with Gasteiger partial charge in [0, 0.05) is 5.56 Å². The van der Waals surface area contributed by atoms with Gasteiger partial charge in [0.05, 0.1) is 18.6 Å². The maximum Gasteiger partial charge on any atom is 0.373 e. The van der Waals surface area contributed by atoms with Gasteiger partial charge in [0.1, 0.15) is 23.9 Å². The zero-order chi connectivity index (χ0) is 23.4. The smallest absolute Gasteiger partial charge is 0.373 e. The summed E-state index contributed by atoms with van der Waals surface area (Å²) in [6, 6.07) is 16.2. The lowest BCUT2D eigenvalue weighted by Crippen LogP contribution is -2.27. The summed E-state index contributed by atoms with van der Waals surface area (Å²) in [7, 11) is 1.23. The second-order valence-corrected chi connectivity index (χ2v) is 7.97. The Labute approximate surface area is 192 Å². The molecule has 0 radical (unpaired) electrons. The highest BCUT2D eigenvalue weighted by molar-refractivity contribution is 8.18. The Morgan fingerprint density at radius 2 is 1.85 bits per heavy atom. The van der Waals surface area contributed by atoms with E-state index in [1.165, 1.54) is 25.3 Å². The van der Waals surface area contributed by atoms with Gasteiger partial charge in [0.25, 0.3) is 11.1 Å². The fourth-order valence-corrected chi connectivity index (χ4v) is 3.89. The molecule has 0 aliphatic carbocycles. The molecule has 0 spiro atoms. The third-order valence-corrected chi connectivity index (χ3v) is 5.67. The van der Waals surface area contributed by atoms with Crippen LogP contribution in [0.1, 0.15) is 27.4 Å². The average molecular weight is 467 g/mol. The van der Waals surface area contributed by atoms with Gasteiger partial charge in [0.2, 0.25) is 5.76 Å². The fraction of sp³-hybridized carbons (Fsp3) is 0.125. The number of furan rings is 1. The summed E-state index contributed by atoms with van der Waals surface area (Å²) in [5.41, 5.74) is 1.15. The van der Waals surface area contributed by atoms with Crippen LogP contribution < -0.4 is 4.74 Å². The average Bonchev–Trinajstić information content (AvgIpc) is 3.39. The van der Waals surface area contributed by atoms with E-state index in [9.17, 15) is 18.8 Å². The minimum absolute atomic E-state index is 0.00711.